The van der Waals surface area contributed by atoms with E-state index >= 15 is 0 Å². The number of nitrogens with one attached hydrogen (secondary N) is 1. The van der Waals surface area contributed by atoms with Crippen LogP contribution in [0.25, 0.3) is 0 Å². The second-order valence-corrected chi connectivity index (χ2v) is 8.27. The molecule has 0 aliphatic carbocycles. The number of carbonyl (C=O) groups is 3. The number of primary amides is 1. The lowest BCUT2D eigenvalue weighted by atomic mass is 10.1. The number of hydrogen-bond donors (Lipinski definition) is 2. The van der Waals surface area contributed by atoms with Crippen LogP contribution in [0.15, 0.2) is 36.7 Å². The zero-order valence-electron chi connectivity index (χ0n) is 19.4. The van der Waals surface area contributed by atoms with Gasteiger partial charge >= 0.3 is 6.09 Å². The van der Waals surface area contributed by atoms with Crippen LogP contribution in [0.3, 0.4) is 0 Å². The van der Waals surface area contributed by atoms with E-state index in [2.05, 4.69) is 10.4 Å². The van der Waals surface area contributed by atoms with Crippen molar-refractivity contribution in [2.45, 2.75) is 59.1 Å². The van der Waals surface area contributed by atoms with Crippen molar-refractivity contribution < 1.29 is 19.1 Å². The van der Waals surface area contributed by atoms with Crippen LogP contribution in [-0.2, 0) is 4.74 Å². The molecule has 3 amide bonds. The van der Waals surface area contributed by atoms with Crippen LogP contribution < -0.4 is 11.1 Å². The molecule has 0 bridgehead atoms. The second kappa shape index (κ2) is 10.8. The van der Waals surface area contributed by atoms with E-state index in [4.69, 9.17) is 10.5 Å². The number of likely N-dealkylation sites (tertiary alicyclic amines) is 1. The number of amides is 3. The fraction of sp³-hybridized carbons (Fsp3) is 0.478. The molecule has 9 heteroatoms. The van der Waals surface area contributed by atoms with Crippen molar-refractivity contribution in [1.29, 1.82) is 0 Å². The standard InChI is InChI=1S/C21H27N5O4.C2H6/c1-21(2,3)30-20(29)25-10-8-15(9-11-25)26-13-14(12-23-26)19(28)24-17-7-5-4-6-16(17)18(22)27;1-2/h4-7,12-13,15H,8-11H2,1-3H3,(H2,22,27)(H,24,28);1-2H3. The maximum Gasteiger partial charge on any atom is 0.410 e. The summed E-state index contributed by atoms with van der Waals surface area (Å²) in [5.74, 6) is -0.987. The Balaban J connectivity index is 0.00000176. The Hall–Kier alpha value is -3.36. The van der Waals surface area contributed by atoms with Gasteiger partial charge in [0.2, 0.25) is 0 Å². The third-order valence-corrected chi connectivity index (χ3v) is 4.79. The molecule has 3 rings (SSSR count). The molecule has 0 spiro atoms. The third kappa shape index (κ3) is 6.57. The number of piperidine rings is 1. The SMILES string of the molecule is CC.CC(C)(C)OC(=O)N1CCC(n2cc(C(=O)Nc3ccccc3C(N)=O)cn2)CC1. The highest BCUT2D eigenvalue weighted by molar-refractivity contribution is 6.08. The summed E-state index contributed by atoms with van der Waals surface area (Å²) in [7, 11) is 0. The Bertz CT molecular complexity index is 940. The first-order chi connectivity index (χ1) is 15.1. The van der Waals surface area contributed by atoms with E-state index in [1.165, 1.54) is 6.20 Å². The zero-order chi connectivity index (χ0) is 23.9. The number of ether oxygens (including phenoxy) is 1. The normalized spacial score (nSPS) is 14.2. The predicted octanol–water partition coefficient (Wildman–Crippen LogP) is 3.83. The molecule has 1 aromatic heterocycles. The van der Waals surface area contributed by atoms with Gasteiger partial charge in [-0.15, -0.1) is 0 Å². The molecule has 0 saturated carbocycles. The maximum absolute atomic E-state index is 12.6. The van der Waals surface area contributed by atoms with Gasteiger partial charge in [-0.1, -0.05) is 26.0 Å². The van der Waals surface area contributed by atoms with Gasteiger partial charge in [-0.25, -0.2) is 4.79 Å². The molecule has 174 valence electrons. The van der Waals surface area contributed by atoms with E-state index < -0.39 is 11.5 Å². The molecular weight excluding hydrogens is 410 g/mol. The van der Waals surface area contributed by atoms with E-state index in [-0.39, 0.29) is 23.6 Å². The van der Waals surface area contributed by atoms with Crippen LogP contribution in [0.4, 0.5) is 10.5 Å². The summed E-state index contributed by atoms with van der Waals surface area (Å²) in [5.41, 5.74) is 5.81. The molecule has 0 radical (unpaired) electrons. The van der Waals surface area contributed by atoms with Crippen molar-refractivity contribution in [3.05, 3.63) is 47.8 Å². The van der Waals surface area contributed by atoms with E-state index in [9.17, 15) is 14.4 Å². The van der Waals surface area contributed by atoms with E-state index in [0.717, 1.165) is 0 Å². The topological polar surface area (TPSA) is 120 Å². The number of carbonyl (C=O) groups excluding carboxylic acids is 3. The summed E-state index contributed by atoms with van der Waals surface area (Å²) in [4.78, 5) is 38.0. The Labute approximate surface area is 188 Å². The highest BCUT2D eigenvalue weighted by Crippen LogP contribution is 2.24. The molecule has 0 atom stereocenters. The summed E-state index contributed by atoms with van der Waals surface area (Å²) in [6, 6.07) is 6.65. The highest BCUT2D eigenvalue weighted by Gasteiger charge is 2.28. The fourth-order valence-corrected chi connectivity index (χ4v) is 3.30. The van der Waals surface area contributed by atoms with Crippen LogP contribution in [0, 0.1) is 0 Å². The molecule has 1 saturated heterocycles. The van der Waals surface area contributed by atoms with Gasteiger partial charge in [0, 0.05) is 19.3 Å². The minimum atomic E-state index is -0.613. The van der Waals surface area contributed by atoms with E-state index in [0.29, 0.717) is 37.2 Å². The molecule has 2 heterocycles. The molecule has 32 heavy (non-hydrogen) atoms. The van der Waals surface area contributed by atoms with Crippen LogP contribution >= 0.6 is 0 Å². The lowest BCUT2D eigenvalue weighted by Crippen LogP contribution is -2.42. The summed E-state index contributed by atoms with van der Waals surface area (Å²) < 4.78 is 7.17. The number of rotatable bonds is 4. The van der Waals surface area contributed by atoms with E-state index in [1.807, 2.05) is 34.6 Å². The van der Waals surface area contributed by atoms with Crippen LogP contribution in [0.5, 0.6) is 0 Å². The summed E-state index contributed by atoms with van der Waals surface area (Å²) in [6.45, 7) is 10.7. The number of benzene rings is 1. The first-order valence-corrected chi connectivity index (χ1v) is 10.9. The van der Waals surface area contributed by atoms with Gasteiger partial charge in [0.25, 0.3) is 11.8 Å². The minimum absolute atomic E-state index is 0.0862. The molecule has 1 fully saturated rings. The molecule has 3 N–H and O–H groups in total. The Kier molecular flexibility index (Phi) is 8.40. The molecule has 1 aliphatic rings. The number of nitrogens with two attached hydrogens (primary N) is 1. The average molecular weight is 444 g/mol. The summed E-state index contributed by atoms with van der Waals surface area (Å²) in [5, 5.41) is 7.02. The first kappa shape index (κ1) is 24.9. The van der Waals surface area contributed by atoms with Crippen LogP contribution in [0.1, 0.15) is 74.2 Å². The molecule has 0 unspecified atom stereocenters. The van der Waals surface area contributed by atoms with Crippen molar-refractivity contribution >= 4 is 23.6 Å². The number of aromatic nitrogens is 2. The van der Waals surface area contributed by atoms with Crippen LogP contribution in [0.2, 0.25) is 0 Å². The van der Waals surface area contributed by atoms with Crippen molar-refractivity contribution in [1.82, 2.24) is 14.7 Å². The monoisotopic (exact) mass is 443 g/mol. The van der Waals surface area contributed by atoms with Crippen molar-refractivity contribution in [3.63, 3.8) is 0 Å². The number of nitrogens with zero attached hydrogens (tertiary/aromatic N) is 3. The van der Waals surface area contributed by atoms with Gasteiger partial charge in [0.05, 0.1) is 29.1 Å². The quantitative estimate of drug-likeness (QED) is 0.744. The molecular formula is C23H33N5O4. The highest BCUT2D eigenvalue weighted by atomic mass is 16.6. The minimum Gasteiger partial charge on any atom is -0.444 e. The smallest absolute Gasteiger partial charge is 0.410 e. The number of anilines is 1. The Morgan fingerprint density at radius 1 is 1.12 bits per heavy atom. The fourth-order valence-electron chi connectivity index (χ4n) is 3.30. The van der Waals surface area contributed by atoms with Gasteiger partial charge < -0.3 is 20.7 Å². The zero-order valence-corrected chi connectivity index (χ0v) is 19.4. The Morgan fingerprint density at radius 3 is 2.34 bits per heavy atom. The predicted molar refractivity (Wildman–Crippen MR) is 123 cm³/mol. The van der Waals surface area contributed by atoms with Gasteiger partial charge in [0.15, 0.2) is 0 Å². The first-order valence-electron chi connectivity index (χ1n) is 10.9. The van der Waals surface area contributed by atoms with Gasteiger partial charge in [-0.05, 0) is 45.7 Å². The van der Waals surface area contributed by atoms with Crippen molar-refractivity contribution in [3.8, 4) is 0 Å². The molecule has 1 aliphatic heterocycles. The molecule has 2 aromatic rings. The summed E-state index contributed by atoms with van der Waals surface area (Å²) >= 11 is 0. The second-order valence-electron chi connectivity index (χ2n) is 8.27. The Morgan fingerprint density at radius 2 is 1.75 bits per heavy atom. The largest absolute Gasteiger partial charge is 0.444 e. The molecule has 1 aromatic carbocycles. The average Bonchev–Trinajstić information content (AvgIpc) is 3.25. The van der Waals surface area contributed by atoms with Crippen molar-refractivity contribution in [2.75, 3.05) is 18.4 Å². The lowest BCUT2D eigenvalue weighted by molar-refractivity contribution is 0.0184. The maximum atomic E-state index is 12.6. The van der Waals surface area contributed by atoms with Gasteiger partial charge in [-0.3, -0.25) is 14.3 Å². The number of hydrogen-bond acceptors (Lipinski definition) is 5. The third-order valence-electron chi connectivity index (χ3n) is 4.79. The number of para-hydroxylation sites is 1. The van der Waals surface area contributed by atoms with Crippen molar-refractivity contribution in [2.24, 2.45) is 5.73 Å². The van der Waals surface area contributed by atoms with Gasteiger partial charge in [0.1, 0.15) is 5.60 Å². The van der Waals surface area contributed by atoms with Crippen LogP contribution in [-0.4, -0.2) is 51.3 Å². The summed E-state index contributed by atoms with van der Waals surface area (Å²) in [6.07, 6.45) is 4.28. The lowest BCUT2D eigenvalue weighted by Gasteiger charge is -2.33. The molecule has 9 nitrogen and oxygen atoms in total. The van der Waals surface area contributed by atoms with E-state index in [1.54, 1.807) is 40.0 Å². The van der Waals surface area contributed by atoms with Gasteiger partial charge in [-0.2, -0.15) is 5.10 Å².